The molecule has 2 heterocycles. The lowest BCUT2D eigenvalue weighted by molar-refractivity contribution is 0.0958. The zero-order chi connectivity index (χ0) is 18.7. The molecule has 0 saturated carbocycles. The van der Waals surface area contributed by atoms with Crippen molar-refractivity contribution in [2.45, 2.75) is 26.7 Å². The number of nitrogens with zero attached hydrogens (tertiary/aromatic N) is 3. The third kappa shape index (κ3) is 3.72. The van der Waals surface area contributed by atoms with Gasteiger partial charge in [-0.2, -0.15) is 4.98 Å². The second-order valence-corrected chi connectivity index (χ2v) is 6.15. The lowest BCUT2D eigenvalue weighted by Gasteiger charge is -2.10. The van der Waals surface area contributed by atoms with Gasteiger partial charge < -0.3 is 14.6 Å². The molecule has 0 unspecified atom stereocenters. The van der Waals surface area contributed by atoms with Crippen LogP contribution in [0.3, 0.4) is 0 Å². The normalized spacial score (nSPS) is 10.8. The summed E-state index contributed by atoms with van der Waals surface area (Å²) in [7, 11) is 1.56. The first kappa shape index (κ1) is 17.6. The average molecular weight is 352 g/mol. The number of rotatable bonds is 5. The summed E-state index contributed by atoms with van der Waals surface area (Å²) in [6, 6.07) is 8.95. The van der Waals surface area contributed by atoms with Gasteiger partial charge in [-0.1, -0.05) is 19.0 Å². The summed E-state index contributed by atoms with van der Waals surface area (Å²) in [5, 5.41) is 6.56. The van der Waals surface area contributed by atoms with E-state index in [4.69, 9.17) is 9.26 Å². The van der Waals surface area contributed by atoms with Crippen LogP contribution in [0.4, 0.5) is 0 Å². The second kappa shape index (κ2) is 7.35. The number of benzene rings is 1. The van der Waals surface area contributed by atoms with Crippen LogP contribution in [-0.2, 0) is 0 Å². The third-order valence-corrected chi connectivity index (χ3v) is 3.79. The van der Waals surface area contributed by atoms with E-state index >= 15 is 0 Å². The maximum atomic E-state index is 11.7. The molecular formula is C19H20N4O3. The largest absolute Gasteiger partial charge is 0.457 e. The van der Waals surface area contributed by atoms with Crippen molar-refractivity contribution in [3.8, 4) is 22.9 Å². The topological polar surface area (TPSA) is 90.1 Å². The van der Waals surface area contributed by atoms with Crippen LogP contribution in [-0.4, -0.2) is 28.1 Å². The lowest BCUT2D eigenvalue weighted by atomic mass is 10.1. The molecule has 0 bridgehead atoms. The molecule has 0 radical (unpaired) electrons. The highest BCUT2D eigenvalue weighted by Gasteiger charge is 2.13. The van der Waals surface area contributed by atoms with Crippen molar-refractivity contribution in [1.82, 2.24) is 20.4 Å². The highest BCUT2D eigenvalue weighted by Crippen LogP contribution is 2.29. The van der Waals surface area contributed by atoms with E-state index in [0.717, 1.165) is 11.1 Å². The smallest absolute Gasteiger partial charge is 0.269 e. The van der Waals surface area contributed by atoms with Gasteiger partial charge in [-0.05, 0) is 36.8 Å². The molecule has 3 rings (SSSR count). The highest BCUT2D eigenvalue weighted by molar-refractivity contribution is 5.92. The van der Waals surface area contributed by atoms with Crippen molar-refractivity contribution in [3.63, 3.8) is 0 Å². The van der Waals surface area contributed by atoms with E-state index in [1.165, 1.54) is 6.20 Å². The Kier molecular flexibility index (Phi) is 4.97. The van der Waals surface area contributed by atoms with Gasteiger partial charge in [-0.15, -0.1) is 0 Å². The van der Waals surface area contributed by atoms with Crippen molar-refractivity contribution in [1.29, 1.82) is 0 Å². The molecule has 2 aromatic heterocycles. The zero-order valence-corrected chi connectivity index (χ0v) is 15.1. The van der Waals surface area contributed by atoms with E-state index in [9.17, 15) is 4.79 Å². The summed E-state index contributed by atoms with van der Waals surface area (Å²) in [6.45, 7) is 5.94. The van der Waals surface area contributed by atoms with Gasteiger partial charge in [0.25, 0.3) is 5.91 Å². The van der Waals surface area contributed by atoms with Gasteiger partial charge in [0.2, 0.25) is 11.7 Å². The van der Waals surface area contributed by atoms with E-state index < -0.39 is 0 Å². The molecule has 0 fully saturated rings. The Hall–Kier alpha value is -3.22. The van der Waals surface area contributed by atoms with Crippen LogP contribution < -0.4 is 10.1 Å². The highest BCUT2D eigenvalue weighted by atomic mass is 16.5. The van der Waals surface area contributed by atoms with Crippen LogP contribution in [0.5, 0.6) is 11.5 Å². The summed E-state index contributed by atoms with van der Waals surface area (Å²) in [5.41, 5.74) is 2.07. The van der Waals surface area contributed by atoms with Crippen LogP contribution in [0.2, 0.25) is 0 Å². The predicted octanol–water partition coefficient (Wildman–Crippen LogP) is 3.72. The zero-order valence-electron chi connectivity index (χ0n) is 15.1. The molecule has 0 spiro atoms. The molecule has 1 N–H and O–H groups in total. The first-order valence-corrected chi connectivity index (χ1v) is 8.28. The second-order valence-electron chi connectivity index (χ2n) is 6.15. The number of aryl methyl sites for hydroxylation is 1. The van der Waals surface area contributed by atoms with E-state index in [1.54, 1.807) is 19.2 Å². The van der Waals surface area contributed by atoms with Gasteiger partial charge in [0.05, 0.1) is 0 Å². The monoisotopic (exact) mass is 352 g/mol. The lowest BCUT2D eigenvalue weighted by Crippen LogP contribution is -2.18. The Balaban J connectivity index is 1.83. The van der Waals surface area contributed by atoms with Gasteiger partial charge >= 0.3 is 0 Å². The van der Waals surface area contributed by atoms with Crippen LogP contribution in [0.1, 0.15) is 41.7 Å². The Bertz CT molecular complexity index is 934. The van der Waals surface area contributed by atoms with Crippen LogP contribution in [0.15, 0.2) is 41.1 Å². The minimum Gasteiger partial charge on any atom is -0.457 e. The van der Waals surface area contributed by atoms with E-state index in [2.05, 4.69) is 20.4 Å². The Morgan fingerprint density at radius 2 is 2.04 bits per heavy atom. The van der Waals surface area contributed by atoms with Crippen LogP contribution >= 0.6 is 0 Å². The van der Waals surface area contributed by atoms with Crippen molar-refractivity contribution in [2.24, 2.45) is 0 Å². The number of ether oxygens (including phenoxy) is 1. The summed E-state index contributed by atoms with van der Waals surface area (Å²) in [6.07, 6.45) is 1.54. The molecule has 0 aliphatic heterocycles. The summed E-state index contributed by atoms with van der Waals surface area (Å²) in [5.74, 6) is 2.29. The number of carbonyl (C=O) groups is 1. The molecule has 1 amide bonds. The van der Waals surface area contributed by atoms with Crippen LogP contribution in [0.25, 0.3) is 11.4 Å². The van der Waals surface area contributed by atoms with Gasteiger partial charge in [0.1, 0.15) is 17.2 Å². The van der Waals surface area contributed by atoms with Gasteiger partial charge in [-0.25, -0.2) is 0 Å². The fraction of sp³-hybridized carbons (Fsp3) is 0.263. The minimum absolute atomic E-state index is 0.182. The number of hydrogen-bond donors (Lipinski definition) is 1. The predicted molar refractivity (Wildman–Crippen MR) is 96.3 cm³/mol. The quantitative estimate of drug-likeness (QED) is 0.753. The number of carbonyl (C=O) groups excluding carboxylic acids is 1. The Morgan fingerprint density at radius 3 is 2.69 bits per heavy atom. The van der Waals surface area contributed by atoms with Gasteiger partial charge in [0, 0.05) is 30.8 Å². The van der Waals surface area contributed by atoms with E-state index in [-0.39, 0.29) is 11.8 Å². The van der Waals surface area contributed by atoms with Gasteiger partial charge in [-0.3, -0.25) is 9.78 Å². The maximum Gasteiger partial charge on any atom is 0.269 e. The number of hydrogen-bond acceptors (Lipinski definition) is 6. The van der Waals surface area contributed by atoms with E-state index in [1.807, 2.05) is 39.0 Å². The summed E-state index contributed by atoms with van der Waals surface area (Å²) >= 11 is 0. The molecule has 26 heavy (non-hydrogen) atoms. The number of aromatic nitrogens is 3. The Labute approximate surface area is 151 Å². The SMILES string of the molecule is CNC(=O)c1cc(Oc2ccc(-c3noc(C(C)C)n3)cc2C)ccn1. The summed E-state index contributed by atoms with van der Waals surface area (Å²) < 4.78 is 11.1. The molecule has 7 heteroatoms. The fourth-order valence-corrected chi connectivity index (χ4v) is 2.34. The average Bonchev–Trinajstić information content (AvgIpc) is 3.13. The first-order valence-electron chi connectivity index (χ1n) is 8.28. The maximum absolute atomic E-state index is 11.7. The van der Waals surface area contributed by atoms with Crippen LogP contribution in [0, 0.1) is 6.92 Å². The number of nitrogens with one attached hydrogen (secondary N) is 1. The third-order valence-electron chi connectivity index (χ3n) is 3.79. The Morgan fingerprint density at radius 1 is 1.23 bits per heavy atom. The van der Waals surface area contributed by atoms with E-state index in [0.29, 0.717) is 28.9 Å². The fourth-order valence-electron chi connectivity index (χ4n) is 2.34. The van der Waals surface area contributed by atoms with Crippen molar-refractivity contribution in [2.75, 3.05) is 7.05 Å². The van der Waals surface area contributed by atoms with Crippen molar-refractivity contribution < 1.29 is 14.1 Å². The molecule has 7 nitrogen and oxygen atoms in total. The molecule has 1 aromatic carbocycles. The van der Waals surface area contributed by atoms with Crippen molar-refractivity contribution in [3.05, 3.63) is 53.7 Å². The standard InChI is InChI=1S/C19H20N4O3/c1-11(2)19-22-17(23-26-19)13-5-6-16(12(3)9-13)25-14-7-8-21-15(10-14)18(24)20-4/h5-11H,1-4H3,(H,20,24). The molecule has 0 aliphatic carbocycles. The molecule has 0 aliphatic rings. The number of pyridine rings is 1. The molecule has 0 atom stereocenters. The molecular weight excluding hydrogens is 332 g/mol. The minimum atomic E-state index is -0.263. The molecule has 3 aromatic rings. The number of amides is 1. The van der Waals surface area contributed by atoms with Gasteiger partial charge in [0.15, 0.2) is 0 Å². The molecule has 134 valence electrons. The first-order chi connectivity index (χ1) is 12.5. The summed E-state index contributed by atoms with van der Waals surface area (Å²) in [4.78, 5) is 20.1. The molecule has 0 saturated heterocycles. The van der Waals surface area contributed by atoms with Crippen molar-refractivity contribution >= 4 is 5.91 Å².